The highest BCUT2D eigenvalue weighted by Crippen LogP contribution is 2.40. The predicted octanol–water partition coefficient (Wildman–Crippen LogP) is 5.10. The van der Waals surface area contributed by atoms with Gasteiger partial charge < -0.3 is 23.4 Å². The number of hydrogen-bond acceptors (Lipinski definition) is 8. The molecule has 0 fully saturated rings. The standard InChI is InChI=1S/C26H27N3O6/c1-14-9-16-13-32-26(3,4)18(16)11-20(14)34-22-8-7-19(33-22)25(30)35-21-10-17(12-31-6)23-15(2)28-29(5)24(23)27-21/h7-11H,12-13H2,1-6H3. The number of carbonyl (C=O) groups is 1. The van der Waals surface area contributed by atoms with Crippen molar-refractivity contribution in [1.29, 1.82) is 0 Å². The molecule has 0 atom stereocenters. The molecule has 3 aromatic heterocycles. The first kappa shape index (κ1) is 23.1. The van der Waals surface area contributed by atoms with Crippen LogP contribution in [0.5, 0.6) is 17.6 Å². The fourth-order valence-electron chi connectivity index (χ4n) is 4.44. The first-order valence-corrected chi connectivity index (χ1v) is 11.3. The summed E-state index contributed by atoms with van der Waals surface area (Å²) >= 11 is 0. The van der Waals surface area contributed by atoms with Gasteiger partial charge in [-0.1, -0.05) is 0 Å². The van der Waals surface area contributed by atoms with Gasteiger partial charge in [0.2, 0.25) is 11.6 Å². The van der Waals surface area contributed by atoms with Crippen LogP contribution < -0.4 is 9.47 Å². The summed E-state index contributed by atoms with van der Waals surface area (Å²) in [4.78, 5) is 17.3. The topological polar surface area (TPSA) is 97.8 Å². The van der Waals surface area contributed by atoms with E-state index in [2.05, 4.69) is 16.1 Å². The van der Waals surface area contributed by atoms with E-state index in [0.717, 1.165) is 33.3 Å². The summed E-state index contributed by atoms with van der Waals surface area (Å²) in [5.41, 5.74) is 5.02. The minimum Gasteiger partial charge on any atom is -0.426 e. The van der Waals surface area contributed by atoms with Crippen molar-refractivity contribution >= 4 is 17.0 Å². The highest BCUT2D eigenvalue weighted by Gasteiger charge is 2.32. The summed E-state index contributed by atoms with van der Waals surface area (Å²) in [7, 11) is 3.39. The summed E-state index contributed by atoms with van der Waals surface area (Å²) in [5, 5.41) is 5.28. The van der Waals surface area contributed by atoms with Gasteiger partial charge in [0.1, 0.15) is 5.75 Å². The summed E-state index contributed by atoms with van der Waals surface area (Å²) < 4.78 is 29.9. The number of pyridine rings is 1. The van der Waals surface area contributed by atoms with Gasteiger partial charge in [0, 0.05) is 31.7 Å². The molecule has 0 saturated carbocycles. The number of fused-ring (bicyclic) bond motifs is 2. The lowest BCUT2D eigenvalue weighted by Crippen LogP contribution is -2.14. The summed E-state index contributed by atoms with van der Waals surface area (Å²) in [6.07, 6.45) is 0. The summed E-state index contributed by atoms with van der Waals surface area (Å²) in [6, 6.07) is 8.79. The van der Waals surface area contributed by atoms with Crippen LogP contribution in [-0.2, 0) is 35.3 Å². The Morgan fingerprint density at radius 1 is 1.20 bits per heavy atom. The van der Waals surface area contributed by atoms with Crippen LogP contribution in [0.1, 0.15) is 52.3 Å². The number of methoxy groups -OCH3 is 1. The highest BCUT2D eigenvalue weighted by molar-refractivity contribution is 5.89. The van der Waals surface area contributed by atoms with Crippen LogP contribution >= 0.6 is 0 Å². The van der Waals surface area contributed by atoms with Gasteiger partial charge in [-0.15, -0.1) is 0 Å². The molecule has 1 aliphatic rings. The molecule has 0 saturated heterocycles. The molecule has 35 heavy (non-hydrogen) atoms. The molecular weight excluding hydrogens is 450 g/mol. The Hall–Kier alpha value is -3.69. The average molecular weight is 478 g/mol. The van der Waals surface area contributed by atoms with E-state index in [-0.39, 0.29) is 23.2 Å². The van der Waals surface area contributed by atoms with Crippen molar-refractivity contribution in [2.24, 2.45) is 7.05 Å². The summed E-state index contributed by atoms with van der Waals surface area (Å²) in [6.45, 7) is 8.81. The number of aromatic nitrogens is 3. The lowest BCUT2D eigenvalue weighted by atomic mass is 9.94. The number of carbonyl (C=O) groups excluding carboxylic acids is 1. The molecule has 0 bridgehead atoms. The molecule has 0 radical (unpaired) electrons. The van der Waals surface area contributed by atoms with E-state index in [1.807, 2.05) is 33.8 Å². The molecule has 0 unspecified atom stereocenters. The van der Waals surface area contributed by atoms with E-state index in [0.29, 0.717) is 24.6 Å². The van der Waals surface area contributed by atoms with E-state index in [4.69, 9.17) is 23.4 Å². The number of aryl methyl sites for hydroxylation is 3. The van der Waals surface area contributed by atoms with E-state index < -0.39 is 5.97 Å². The van der Waals surface area contributed by atoms with Crippen molar-refractivity contribution < 1.29 is 28.2 Å². The first-order valence-electron chi connectivity index (χ1n) is 11.3. The van der Waals surface area contributed by atoms with E-state index in [1.165, 1.54) is 6.07 Å². The number of furan rings is 1. The zero-order valence-electron chi connectivity index (χ0n) is 20.6. The molecule has 9 nitrogen and oxygen atoms in total. The quantitative estimate of drug-likeness (QED) is 0.354. The molecule has 0 N–H and O–H groups in total. The smallest absolute Gasteiger partial charge is 0.381 e. The molecule has 0 spiro atoms. The third kappa shape index (κ3) is 4.17. The fourth-order valence-corrected chi connectivity index (χ4v) is 4.44. The molecule has 1 aromatic carbocycles. The van der Waals surface area contributed by atoms with E-state index in [9.17, 15) is 4.79 Å². The fraction of sp³-hybridized carbons (Fsp3) is 0.346. The number of ether oxygens (including phenoxy) is 4. The van der Waals surface area contributed by atoms with Crippen molar-refractivity contribution in [3.05, 3.63) is 64.0 Å². The molecule has 1 aliphatic heterocycles. The van der Waals surface area contributed by atoms with Crippen LogP contribution in [0.25, 0.3) is 11.0 Å². The molecular formula is C26H27N3O6. The third-order valence-corrected chi connectivity index (χ3v) is 6.15. The molecule has 5 rings (SSSR count). The Kier molecular flexibility index (Phi) is 5.61. The second-order valence-electron chi connectivity index (χ2n) is 9.14. The van der Waals surface area contributed by atoms with Crippen molar-refractivity contribution in [2.45, 2.75) is 46.5 Å². The van der Waals surface area contributed by atoms with Gasteiger partial charge in [0.25, 0.3) is 5.95 Å². The normalized spacial score (nSPS) is 14.3. The number of esters is 1. The van der Waals surface area contributed by atoms with Gasteiger partial charge in [-0.05, 0) is 68.1 Å². The summed E-state index contributed by atoms with van der Waals surface area (Å²) in [5.74, 6) is 0.267. The Morgan fingerprint density at radius 2 is 2.00 bits per heavy atom. The average Bonchev–Trinajstić information content (AvgIpc) is 3.46. The van der Waals surface area contributed by atoms with Crippen LogP contribution in [0, 0.1) is 13.8 Å². The number of nitrogens with zero attached hydrogens (tertiary/aromatic N) is 3. The van der Waals surface area contributed by atoms with Crippen LogP contribution in [0.3, 0.4) is 0 Å². The maximum atomic E-state index is 12.8. The monoisotopic (exact) mass is 477 g/mol. The minimum atomic E-state index is -0.686. The molecule has 4 heterocycles. The lowest BCUT2D eigenvalue weighted by molar-refractivity contribution is -0.00795. The third-order valence-electron chi connectivity index (χ3n) is 6.15. The highest BCUT2D eigenvalue weighted by atomic mass is 16.6. The largest absolute Gasteiger partial charge is 0.426 e. The van der Waals surface area contributed by atoms with Crippen molar-refractivity contribution in [3.8, 4) is 17.6 Å². The second-order valence-corrected chi connectivity index (χ2v) is 9.14. The minimum absolute atomic E-state index is 0.00106. The van der Waals surface area contributed by atoms with Gasteiger partial charge in [0.15, 0.2) is 5.65 Å². The van der Waals surface area contributed by atoms with Gasteiger partial charge in [0.05, 0.1) is 24.5 Å². The van der Waals surface area contributed by atoms with Crippen molar-refractivity contribution in [2.75, 3.05) is 7.11 Å². The van der Waals surface area contributed by atoms with Gasteiger partial charge in [-0.3, -0.25) is 4.68 Å². The zero-order chi connectivity index (χ0) is 24.9. The van der Waals surface area contributed by atoms with Gasteiger partial charge >= 0.3 is 5.97 Å². The van der Waals surface area contributed by atoms with Gasteiger partial charge in [-0.2, -0.15) is 10.1 Å². The van der Waals surface area contributed by atoms with Crippen LogP contribution in [-0.4, -0.2) is 27.8 Å². The first-order chi connectivity index (χ1) is 16.7. The Bertz CT molecular complexity index is 1450. The zero-order valence-corrected chi connectivity index (χ0v) is 20.6. The Morgan fingerprint density at radius 3 is 2.77 bits per heavy atom. The molecule has 182 valence electrons. The van der Waals surface area contributed by atoms with Gasteiger partial charge in [-0.25, -0.2) is 4.79 Å². The molecule has 9 heteroatoms. The SMILES string of the molecule is COCc1cc(OC(=O)c2ccc(Oc3cc4c(cc3C)COC4(C)C)o2)nc2c1c(C)nn2C. The maximum Gasteiger partial charge on any atom is 0.381 e. The number of benzene rings is 1. The number of rotatable bonds is 6. The van der Waals surface area contributed by atoms with E-state index in [1.54, 1.807) is 31.0 Å². The predicted molar refractivity (Wildman–Crippen MR) is 127 cm³/mol. The maximum absolute atomic E-state index is 12.8. The van der Waals surface area contributed by atoms with Crippen molar-refractivity contribution in [1.82, 2.24) is 14.8 Å². The molecule has 4 aromatic rings. The number of hydrogen-bond donors (Lipinski definition) is 0. The molecule has 0 aliphatic carbocycles. The van der Waals surface area contributed by atoms with Crippen LogP contribution in [0.2, 0.25) is 0 Å². The van der Waals surface area contributed by atoms with Crippen LogP contribution in [0.4, 0.5) is 0 Å². The van der Waals surface area contributed by atoms with Crippen molar-refractivity contribution in [3.63, 3.8) is 0 Å². The van der Waals surface area contributed by atoms with Crippen LogP contribution in [0.15, 0.2) is 34.7 Å². The Balaban J connectivity index is 1.37. The second kappa shape index (κ2) is 8.51. The van der Waals surface area contributed by atoms with E-state index >= 15 is 0 Å². The molecule has 0 amide bonds. The lowest BCUT2D eigenvalue weighted by Gasteiger charge is -2.19. The Labute approximate surface area is 202 Å².